The number of ether oxygens (including phenoxy) is 1. The molecule has 5 nitrogen and oxygen atoms in total. The van der Waals surface area contributed by atoms with E-state index in [1.54, 1.807) is 19.9 Å². The molecule has 3 rings (SSSR count). The highest BCUT2D eigenvalue weighted by Gasteiger charge is 2.34. The molecule has 0 fully saturated rings. The lowest BCUT2D eigenvalue weighted by Gasteiger charge is -2.20. The number of benzene rings is 1. The molecular formula is C16H13NO4. The number of aryl methyl sites for hydroxylation is 1. The lowest BCUT2D eigenvalue weighted by Crippen LogP contribution is -2.22. The van der Waals surface area contributed by atoms with E-state index < -0.39 is 5.78 Å². The summed E-state index contributed by atoms with van der Waals surface area (Å²) in [5, 5.41) is 10.3. The monoisotopic (exact) mass is 283 g/mol. The summed E-state index contributed by atoms with van der Waals surface area (Å²) in [7, 11) is 1.45. The van der Waals surface area contributed by atoms with Crippen molar-refractivity contribution in [3.63, 3.8) is 0 Å². The summed E-state index contributed by atoms with van der Waals surface area (Å²) in [5.74, 6) is -0.537. The number of carbonyl (C=O) groups excluding carboxylic acids is 2. The average Bonchev–Trinajstić information content (AvgIpc) is 2.47. The third-order valence-electron chi connectivity index (χ3n) is 3.73. The molecule has 106 valence electrons. The van der Waals surface area contributed by atoms with Crippen LogP contribution in [-0.4, -0.2) is 28.8 Å². The lowest BCUT2D eigenvalue weighted by molar-refractivity contribution is 0.0975. The van der Waals surface area contributed by atoms with E-state index in [1.807, 2.05) is 0 Å². The number of phenolic OH excluding ortho intramolecular Hbond substituents is 1. The number of aromatic hydroxyl groups is 1. The Kier molecular flexibility index (Phi) is 2.79. The standard InChI is InChI=1S/C16H13NO4/c1-7-4-9-11(6-17-7)16(20)13-10(15(9)19)5-12(21-3)8(2)14(13)18/h4-6,18H,1-3H3. The number of hydrogen-bond acceptors (Lipinski definition) is 5. The number of hydrogen-bond donors (Lipinski definition) is 1. The molecule has 0 aliphatic heterocycles. The van der Waals surface area contributed by atoms with Gasteiger partial charge in [-0.15, -0.1) is 0 Å². The summed E-state index contributed by atoms with van der Waals surface area (Å²) in [5.41, 5.74) is 1.81. The van der Waals surface area contributed by atoms with Crippen LogP contribution in [0.4, 0.5) is 0 Å². The Morgan fingerprint density at radius 2 is 1.76 bits per heavy atom. The maximum Gasteiger partial charge on any atom is 0.199 e. The Hall–Kier alpha value is -2.69. The van der Waals surface area contributed by atoms with Gasteiger partial charge in [-0.2, -0.15) is 0 Å². The number of methoxy groups -OCH3 is 1. The Morgan fingerprint density at radius 1 is 1.05 bits per heavy atom. The molecule has 5 heteroatoms. The van der Waals surface area contributed by atoms with Crippen molar-refractivity contribution in [1.29, 1.82) is 0 Å². The SMILES string of the molecule is COc1cc2c(c(O)c1C)C(=O)c1cnc(C)cc1C2=O. The molecule has 0 unspecified atom stereocenters. The van der Waals surface area contributed by atoms with Crippen LogP contribution < -0.4 is 4.74 Å². The van der Waals surface area contributed by atoms with Gasteiger partial charge < -0.3 is 9.84 Å². The van der Waals surface area contributed by atoms with Crippen molar-refractivity contribution in [3.05, 3.63) is 51.8 Å². The van der Waals surface area contributed by atoms with Crippen molar-refractivity contribution >= 4 is 11.6 Å². The van der Waals surface area contributed by atoms with Crippen LogP contribution in [0.3, 0.4) is 0 Å². The molecule has 0 saturated carbocycles. The highest BCUT2D eigenvalue weighted by Crippen LogP contribution is 2.39. The zero-order valence-electron chi connectivity index (χ0n) is 11.9. The Bertz CT molecular complexity index is 808. The second-order valence-corrected chi connectivity index (χ2v) is 5.00. The van der Waals surface area contributed by atoms with Gasteiger partial charge in [-0.1, -0.05) is 0 Å². The smallest absolute Gasteiger partial charge is 0.199 e. The number of rotatable bonds is 1. The molecule has 1 aliphatic rings. The van der Waals surface area contributed by atoms with Crippen molar-refractivity contribution in [3.8, 4) is 11.5 Å². The highest BCUT2D eigenvalue weighted by molar-refractivity contribution is 6.29. The molecule has 0 bridgehead atoms. The van der Waals surface area contributed by atoms with Crippen molar-refractivity contribution in [2.24, 2.45) is 0 Å². The third-order valence-corrected chi connectivity index (χ3v) is 3.73. The summed E-state index contributed by atoms with van der Waals surface area (Å²) < 4.78 is 5.15. The van der Waals surface area contributed by atoms with Crippen LogP contribution >= 0.6 is 0 Å². The van der Waals surface area contributed by atoms with E-state index >= 15 is 0 Å². The van der Waals surface area contributed by atoms with Gasteiger partial charge in [0, 0.05) is 28.6 Å². The number of nitrogens with zero attached hydrogens (tertiary/aromatic N) is 1. The maximum absolute atomic E-state index is 12.6. The van der Waals surface area contributed by atoms with Crippen molar-refractivity contribution < 1.29 is 19.4 Å². The van der Waals surface area contributed by atoms with Crippen molar-refractivity contribution in [2.75, 3.05) is 7.11 Å². The van der Waals surface area contributed by atoms with E-state index in [0.29, 0.717) is 22.6 Å². The topological polar surface area (TPSA) is 76.5 Å². The van der Waals surface area contributed by atoms with Crippen molar-refractivity contribution in [2.45, 2.75) is 13.8 Å². The van der Waals surface area contributed by atoms with Gasteiger partial charge in [0.15, 0.2) is 11.6 Å². The predicted octanol–water partition coefficient (Wildman–Crippen LogP) is 2.19. The second-order valence-electron chi connectivity index (χ2n) is 5.00. The van der Waals surface area contributed by atoms with Crippen LogP contribution in [0.25, 0.3) is 0 Å². The van der Waals surface area contributed by atoms with Crippen molar-refractivity contribution in [1.82, 2.24) is 4.98 Å². The molecule has 1 aromatic carbocycles. The van der Waals surface area contributed by atoms with E-state index in [-0.39, 0.29) is 28.2 Å². The van der Waals surface area contributed by atoms with Gasteiger partial charge in [0.05, 0.1) is 18.2 Å². The van der Waals surface area contributed by atoms with Crippen LogP contribution in [-0.2, 0) is 0 Å². The zero-order valence-corrected chi connectivity index (χ0v) is 11.9. The molecule has 0 saturated heterocycles. The second kappa shape index (κ2) is 4.41. The van der Waals surface area contributed by atoms with Gasteiger partial charge >= 0.3 is 0 Å². The van der Waals surface area contributed by atoms with Gasteiger partial charge in [-0.25, -0.2) is 0 Å². The minimum Gasteiger partial charge on any atom is -0.507 e. The van der Waals surface area contributed by atoms with Crippen LogP contribution in [0.15, 0.2) is 18.3 Å². The third kappa shape index (κ3) is 1.74. The number of carbonyl (C=O) groups is 2. The largest absolute Gasteiger partial charge is 0.507 e. The van der Waals surface area contributed by atoms with Crippen LogP contribution in [0.1, 0.15) is 43.1 Å². The number of ketones is 2. The summed E-state index contributed by atoms with van der Waals surface area (Å²) in [6.45, 7) is 3.38. The van der Waals surface area contributed by atoms with Gasteiger partial charge in [-0.3, -0.25) is 14.6 Å². The molecular weight excluding hydrogens is 270 g/mol. The summed E-state index contributed by atoms with van der Waals surface area (Å²) in [6.07, 6.45) is 1.38. The fraction of sp³-hybridized carbons (Fsp3) is 0.188. The molecule has 0 radical (unpaired) electrons. The van der Waals surface area contributed by atoms with Gasteiger partial charge in [0.2, 0.25) is 0 Å². The van der Waals surface area contributed by atoms with E-state index in [4.69, 9.17) is 4.74 Å². The summed E-state index contributed by atoms with van der Waals surface area (Å²) in [6, 6.07) is 3.09. The van der Waals surface area contributed by atoms with E-state index in [2.05, 4.69) is 4.98 Å². The normalized spacial score (nSPS) is 12.9. The molecule has 2 aromatic rings. The lowest BCUT2D eigenvalue weighted by atomic mass is 9.83. The Balaban J connectivity index is 2.35. The number of fused-ring (bicyclic) bond motifs is 2. The van der Waals surface area contributed by atoms with E-state index in [9.17, 15) is 14.7 Å². The summed E-state index contributed by atoms with van der Waals surface area (Å²) >= 11 is 0. The minimum atomic E-state index is -0.393. The first-order chi connectivity index (χ1) is 9.95. The van der Waals surface area contributed by atoms with Crippen LogP contribution in [0.2, 0.25) is 0 Å². The molecule has 0 amide bonds. The fourth-order valence-electron chi connectivity index (χ4n) is 2.57. The Labute approximate surface area is 121 Å². The van der Waals surface area contributed by atoms with Crippen LogP contribution in [0, 0.1) is 13.8 Å². The molecule has 1 N–H and O–H groups in total. The first-order valence-corrected chi connectivity index (χ1v) is 6.42. The van der Waals surface area contributed by atoms with Gasteiger partial charge in [0.25, 0.3) is 0 Å². The van der Waals surface area contributed by atoms with Crippen LogP contribution in [0.5, 0.6) is 11.5 Å². The predicted molar refractivity (Wildman–Crippen MR) is 75.2 cm³/mol. The van der Waals surface area contributed by atoms with E-state index in [1.165, 1.54) is 19.4 Å². The maximum atomic E-state index is 12.6. The van der Waals surface area contributed by atoms with E-state index in [0.717, 1.165) is 0 Å². The van der Waals surface area contributed by atoms with Gasteiger partial charge in [0.1, 0.15) is 11.5 Å². The fourth-order valence-corrected chi connectivity index (χ4v) is 2.57. The number of pyridine rings is 1. The average molecular weight is 283 g/mol. The first kappa shape index (κ1) is 13.3. The summed E-state index contributed by atoms with van der Waals surface area (Å²) in [4.78, 5) is 29.2. The molecule has 0 atom stereocenters. The Morgan fingerprint density at radius 3 is 2.43 bits per heavy atom. The number of phenols is 1. The molecule has 21 heavy (non-hydrogen) atoms. The quantitative estimate of drug-likeness (QED) is 0.740. The minimum absolute atomic E-state index is 0.0245. The number of aromatic nitrogens is 1. The molecule has 1 aromatic heterocycles. The molecule has 0 spiro atoms. The molecule has 1 heterocycles. The van der Waals surface area contributed by atoms with Gasteiger partial charge in [-0.05, 0) is 26.0 Å². The first-order valence-electron chi connectivity index (χ1n) is 6.42. The highest BCUT2D eigenvalue weighted by atomic mass is 16.5. The molecule has 1 aliphatic carbocycles. The zero-order chi connectivity index (χ0) is 15.3.